The summed E-state index contributed by atoms with van der Waals surface area (Å²) < 4.78 is 0. The standard InChI is InChI=1S/2C16H34O.2ClH.Ti/c2*1-2-3-4-5-6-7-8-9-10-11-12-13-14-15-16-17;;;/h2*17H,2-16H2,1H3;2*1H;/p-2. The molecule has 5 heteroatoms. The maximum atomic E-state index is 8.64. The van der Waals surface area contributed by atoms with Gasteiger partial charge in [-0.15, -0.1) is 0 Å². The molecule has 0 amide bonds. The molecule has 0 aliphatic carbocycles. The van der Waals surface area contributed by atoms with E-state index in [9.17, 15) is 0 Å². The number of aliphatic hydroxyl groups is 2. The van der Waals surface area contributed by atoms with E-state index < -0.39 is 0 Å². The van der Waals surface area contributed by atoms with Crippen LogP contribution in [0.15, 0.2) is 0 Å². The molecule has 0 heterocycles. The smallest absolute Gasteiger partial charge is 0.0431 e. The predicted octanol–water partition coefficient (Wildman–Crippen LogP) is 4.93. The van der Waals surface area contributed by atoms with E-state index in [4.69, 9.17) is 10.2 Å². The van der Waals surface area contributed by atoms with Crippen molar-refractivity contribution in [2.45, 2.75) is 194 Å². The van der Waals surface area contributed by atoms with Crippen molar-refractivity contribution in [3.8, 4) is 0 Å². The average Bonchev–Trinajstić information content (AvgIpc) is 2.85. The van der Waals surface area contributed by atoms with E-state index in [2.05, 4.69) is 13.8 Å². The van der Waals surface area contributed by atoms with Crippen molar-refractivity contribution in [2.75, 3.05) is 13.2 Å². The number of rotatable bonds is 28. The van der Waals surface area contributed by atoms with E-state index >= 15 is 0 Å². The fourth-order valence-electron chi connectivity index (χ4n) is 4.61. The molecule has 0 aromatic carbocycles. The van der Waals surface area contributed by atoms with Gasteiger partial charge in [0.2, 0.25) is 0 Å². The number of unbranched alkanes of at least 4 members (excludes halogenated alkanes) is 26. The molecule has 2 N–H and O–H groups in total. The summed E-state index contributed by atoms with van der Waals surface area (Å²) in [6.07, 6.45) is 38.4. The van der Waals surface area contributed by atoms with Crippen molar-refractivity contribution < 1.29 is 56.7 Å². The predicted molar refractivity (Wildman–Crippen MR) is 155 cm³/mol. The zero-order valence-corrected chi connectivity index (χ0v) is 28.4. The summed E-state index contributed by atoms with van der Waals surface area (Å²) in [5.74, 6) is 0. The van der Waals surface area contributed by atoms with E-state index in [1.165, 1.54) is 167 Å². The first kappa shape index (κ1) is 48.0. The van der Waals surface area contributed by atoms with Crippen molar-refractivity contribution in [2.24, 2.45) is 0 Å². The van der Waals surface area contributed by atoms with Crippen LogP contribution < -0.4 is 24.8 Å². The molecule has 0 aromatic heterocycles. The van der Waals surface area contributed by atoms with Gasteiger partial charge in [-0.2, -0.15) is 0 Å². The van der Waals surface area contributed by atoms with Crippen LogP contribution in [-0.4, -0.2) is 23.4 Å². The number of aliphatic hydroxyl groups excluding tert-OH is 2. The molecular weight excluding hydrogens is 535 g/mol. The Morgan fingerprint density at radius 2 is 0.405 bits per heavy atom. The quantitative estimate of drug-likeness (QED) is 0.0985. The molecule has 0 unspecified atom stereocenters. The maximum Gasteiger partial charge on any atom is 0.0431 e. The van der Waals surface area contributed by atoms with E-state index in [0.717, 1.165) is 12.8 Å². The fraction of sp³-hybridized carbons (Fsp3) is 1.00. The second kappa shape index (κ2) is 50.1. The van der Waals surface area contributed by atoms with Gasteiger partial charge in [0.05, 0.1) is 0 Å². The zero-order chi connectivity index (χ0) is 25.2. The Hall–Kier alpha value is 1.21. The van der Waals surface area contributed by atoms with Crippen LogP contribution in [0.5, 0.6) is 0 Å². The number of hydrogen-bond acceptors (Lipinski definition) is 2. The Kier molecular flexibility index (Phi) is 64.9. The Balaban J connectivity index is -0.000000171. The van der Waals surface area contributed by atoms with Gasteiger partial charge in [0.1, 0.15) is 0 Å². The molecule has 0 saturated carbocycles. The van der Waals surface area contributed by atoms with Crippen LogP contribution in [0.4, 0.5) is 0 Å². The molecular formula is C32H68Cl2O2Ti-2. The third kappa shape index (κ3) is 54.1. The Labute approximate surface area is 262 Å². The first-order valence-electron chi connectivity index (χ1n) is 16.0. The molecule has 0 aliphatic rings. The van der Waals surface area contributed by atoms with Crippen molar-refractivity contribution in [3.05, 3.63) is 0 Å². The van der Waals surface area contributed by atoms with Gasteiger partial charge >= 0.3 is 0 Å². The van der Waals surface area contributed by atoms with Crippen LogP contribution in [0, 0.1) is 0 Å². The van der Waals surface area contributed by atoms with Crippen LogP contribution >= 0.6 is 0 Å². The molecule has 0 aliphatic heterocycles. The molecule has 0 aromatic rings. The fourth-order valence-corrected chi connectivity index (χ4v) is 4.61. The minimum atomic E-state index is 0. The normalized spacial score (nSPS) is 10.1. The summed E-state index contributed by atoms with van der Waals surface area (Å²) in [6, 6.07) is 0. The van der Waals surface area contributed by atoms with Crippen molar-refractivity contribution in [3.63, 3.8) is 0 Å². The number of hydrogen-bond donors (Lipinski definition) is 2. The summed E-state index contributed by atoms with van der Waals surface area (Å²) in [7, 11) is 0. The molecule has 0 spiro atoms. The van der Waals surface area contributed by atoms with Crippen molar-refractivity contribution >= 4 is 0 Å². The van der Waals surface area contributed by atoms with Crippen molar-refractivity contribution in [1.29, 1.82) is 0 Å². The van der Waals surface area contributed by atoms with Crippen molar-refractivity contribution in [1.82, 2.24) is 0 Å². The van der Waals surface area contributed by atoms with Gasteiger partial charge < -0.3 is 35.0 Å². The first-order valence-corrected chi connectivity index (χ1v) is 16.0. The van der Waals surface area contributed by atoms with E-state index in [1.807, 2.05) is 0 Å². The van der Waals surface area contributed by atoms with E-state index in [-0.39, 0.29) is 46.5 Å². The molecule has 0 radical (unpaired) electrons. The van der Waals surface area contributed by atoms with Crippen LogP contribution in [-0.2, 0) is 21.7 Å². The SMILES string of the molecule is CCCCCCCCCCCCCCCCO.CCCCCCCCCCCCCCCCO.[Cl-].[Cl-].[Ti]. The summed E-state index contributed by atoms with van der Waals surface area (Å²) in [6.45, 7) is 5.30. The average molecular weight is 604 g/mol. The summed E-state index contributed by atoms with van der Waals surface area (Å²) in [4.78, 5) is 0. The van der Waals surface area contributed by atoms with Crippen LogP contribution in [0.1, 0.15) is 194 Å². The van der Waals surface area contributed by atoms with Gasteiger partial charge in [-0.05, 0) is 12.8 Å². The van der Waals surface area contributed by atoms with Crippen LogP contribution in [0.2, 0.25) is 0 Å². The maximum absolute atomic E-state index is 8.64. The third-order valence-electron chi connectivity index (χ3n) is 7.02. The second-order valence-electron chi connectivity index (χ2n) is 10.6. The van der Waals surface area contributed by atoms with Crippen LogP contribution in [0.25, 0.3) is 0 Å². The molecule has 2 nitrogen and oxygen atoms in total. The van der Waals surface area contributed by atoms with Crippen LogP contribution in [0.3, 0.4) is 0 Å². The molecule has 0 fully saturated rings. The van der Waals surface area contributed by atoms with Gasteiger partial charge in [0, 0.05) is 34.9 Å². The topological polar surface area (TPSA) is 40.5 Å². The van der Waals surface area contributed by atoms with E-state index in [1.54, 1.807) is 0 Å². The second-order valence-corrected chi connectivity index (χ2v) is 10.6. The monoisotopic (exact) mass is 602 g/mol. The Bertz CT molecular complexity index is 265. The Morgan fingerprint density at radius 1 is 0.270 bits per heavy atom. The molecule has 0 bridgehead atoms. The summed E-state index contributed by atoms with van der Waals surface area (Å²) in [5, 5.41) is 17.3. The van der Waals surface area contributed by atoms with Gasteiger partial charge in [0.25, 0.3) is 0 Å². The third-order valence-corrected chi connectivity index (χ3v) is 7.02. The molecule has 37 heavy (non-hydrogen) atoms. The van der Waals surface area contributed by atoms with Gasteiger partial charge in [-0.1, -0.05) is 181 Å². The van der Waals surface area contributed by atoms with E-state index in [0.29, 0.717) is 13.2 Å². The molecule has 0 saturated heterocycles. The minimum Gasteiger partial charge on any atom is -1.00 e. The summed E-state index contributed by atoms with van der Waals surface area (Å²) in [5.41, 5.74) is 0. The Morgan fingerprint density at radius 3 is 0.541 bits per heavy atom. The van der Waals surface area contributed by atoms with Gasteiger partial charge in [-0.25, -0.2) is 0 Å². The summed E-state index contributed by atoms with van der Waals surface area (Å²) >= 11 is 0. The molecule has 0 rings (SSSR count). The van der Waals surface area contributed by atoms with Gasteiger partial charge in [0.15, 0.2) is 0 Å². The van der Waals surface area contributed by atoms with Gasteiger partial charge in [-0.3, -0.25) is 0 Å². The molecule has 0 atom stereocenters. The first-order chi connectivity index (χ1) is 16.8. The largest absolute Gasteiger partial charge is 1.00 e. The molecule has 228 valence electrons. The number of halogens is 2. The zero-order valence-electron chi connectivity index (χ0n) is 25.4. The minimum absolute atomic E-state index is 0.